The van der Waals surface area contributed by atoms with Crippen LogP contribution in [0.3, 0.4) is 0 Å². The third-order valence-electron chi connectivity index (χ3n) is 4.73. The fraction of sp³-hybridized carbons (Fsp3) is 0.667. The Hall–Kier alpha value is -2.28. The summed E-state index contributed by atoms with van der Waals surface area (Å²) in [6.45, 7) is 13.0. The van der Waals surface area contributed by atoms with Crippen molar-refractivity contribution in [3.8, 4) is 5.75 Å². The molecule has 0 atom stereocenters. The lowest BCUT2D eigenvalue weighted by Gasteiger charge is -2.16. The summed E-state index contributed by atoms with van der Waals surface area (Å²) in [5.41, 5.74) is 0.952. The van der Waals surface area contributed by atoms with E-state index in [2.05, 4.69) is 24.5 Å². The maximum absolute atomic E-state index is 11.8. The first-order valence-corrected chi connectivity index (χ1v) is 11.6. The van der Waals surface area contributed by atoms with E-state index in [0.29, 0.717) is 18.9 Å². The van der Waals surface area contributed by atoms with Crippen molar-refractivity contribution in [1.29, 1.82) is 0 Å². The van der Waals surface area contributed by atoms with Gasteiger partial charge >= 0.3 is 0 Å². The number of nitrogens with one attached hydrogen (secondary N) is 2. The van der Waals surface area contributed by atoms with Gasteiger partial charge in [-0.15, -0.1) is 0 Å². The van der Waals surface area contributed by atoms with Crippen LogP contribution >= 0.6 is 0 Å². The molecule has 174 valence electrons. The largest absolute Gasteiger partial charge is 0.491 e. The molecule has 1 aromatic rings. The molecule has 0 saturated carbocycles. The van der Waals surface area contributed by atoms with E-state index in [0.717, 1.165) is 69.5 Å². The standard InChI is InChI=1S/C24H40N4O3/c1-19(2)18-30-17-7-14-26-24(25-13-6-16-28-15-5-8-23(28)29)27-21-9-11-22(12-10-21)31-20(3)4/h9-12,19-20H,5-8,13-18H2,1-4H3,(H2,25,26,27). The minimum atomic E-state index is 0.151. The molecule has 2 rings (SSSR count). The predicted molar refractivity (Wildman–Crippen MR) is 127 cm³/mol. The van der Waals surface area contributed by atoms with Crippen LogP contribution in [-0.4, -0.2) is 62.3 Å². The molecule has 1 aromatic carbocycles. The summed E-state index contributed by atoms with van der Waals surface area (Å²) in [5, 5.41) is 6.76. The summed E-state index contributed by atoms with van der Waals surface area (Å²) in [5.74, 6) is 2.42. The number of guanidine groups is 1. The number of hydrogen-bond donors (Lipinski definition) is 2. The monoisotopic (exact) mass is 432 g/mol. The van der Waals surface area contributed by atoms with E-state index in [-0.39, 0.29) is 12.0 Å². The second-order valence-electron chi connectivity index (χ2n) is 8.63. The van der Waals surface area contributed by atoms with Gasteiger partial charge in [-0.3, -0.25) is 9.79 Å². The molecule has 1 heterocycles. The minimum Gasteiger partial charge on any atom is -0.491 e. The van der Waals surface area contributed by atoms with Crippen molar-refractivity contribution in [3.63, 3.8) is 0 Å². The number of carbonyl (C=O) groups is 1. The van der Waals surface area contributed by atoms with Crippen LogP contribution in [0, 0.1) is 5.92 Å². The number of rotatable bonds is 13. The number of likely N-dealkylation sites (tertiary alicyclic amines) is 1. The zero-order chi connectivity index (χ0) is 22.5. The summed E-state index contributed by atoms with van der Waals surface area (Å²) in [4.78, 5) is 18.4. The highest BCUT2D eigenvalue weighted by molar-refractivity contribution is 5.93. The predicted octanol–water partition coefficient (Wildman–Crippen LogP) is 3.91. The summed E-state index contributed by atoms with van der Waals surface area (Å²) in [6, 6.07) is 7.89. The summed E-state index contributed by atoms with van der Waals surface area (Å²) in [7, 11) is 0. The zero-order valence-electron chi connectivity index (χ0n) is 19.7. The second-order valence-corrected chi connectivity index (χ2v) is 8.63. The fourth-order valence-corrected chi connectivity index (χ4v) is 3.26. The Balaban J connectivity index is 1.84. The van der Waals surface area contributed by atoms with Crippen molar-refractivity contribution in [2.75, 3.05) is 44.7 Å². The van der Waals surface area contributed by atoms with Crippen LogP contribution in [-0.2, 0) is 9.53 Å². The Morgan fingerprint density at radius 1 is 1.16 bits per heavy atom. The van der Waals surface area contributed by atoms with E-state index in [9.17, 15) is 4.79 Å². The van der Waals surface area contributed by atoms with E-state index in [1.807, 2.05) is 43.0 Å². The third kappa shape index (κ3) is 10.5. The summed E-state index contributed by atoms with van der Waals surface area (Å²) < 4.78 is 11.4. The van der Waals surface area contributed by atoms with Gasteiger partial charge in [0.1, 0.15) is 5.75 Å². The number of ether oxygens (including phenoxy) is 2. The van der Waals surface area contributed by atoms with E-state index in [1.54, 1.807) is 0 Å². The van der Waals surface area contributed by atoms with Crippen LogP contribution in [0.25, 0.3) is 0 Å². The molecule has 7 heteroatoms. The molecule has 0 bridgehead atoms. The molecule has 1 aliphatic rings. The number of benzene rings is 1. The number of hydrogen-bond acceptors (Lipinski definition) is 4. The highest BCUT2D eigenvalue weighted by Crippen LogP contribution is 2.17. The molecular formula is C24H40N4O3. The molecule has 0 spiro atoms. The first-order chi connectivity index (χ1) is 14.9. The van der Waals surface area contributed by atoms with Gasteiger partial charge in [0.05, 0.1) is 6.10 Å². The molecule has 31 heavy (non-hydrogen) atoms. The number of anilines is 1. The molecule has 0 unspecified atom stereocenters. The average molecular weight is 433 g/mol. The van der Waals surface area contributed by atoms with Crippen LogP contribution in [0.15, 0.2) is 29.3 Å². The van der Waals surface area contributed by atoms with Crippen molar-refractivity contribution >= 4 is 17.6 Å². The molecule has 2 N–H and O–H groups in total. The lowest BCUT2D eigenvalue weighted by molar-refractivity contribution is -0.127. The molecule has 7 nitrogen and oxygen atoms in total. The molecule has 0 radical (unpaired) electrons. The Morgan fingerprint density at radius 2 is 1.94 bits per heavy atom. The lowest BCUT2D eigenvalue weighted by atomic mass is 10.2. The van der Waals surface area contributed by atoms with Gasteiger partial charge < -0.3 is 25.0 Å². The molecule has 1 fully saturated rings. The topological polar surface area (TPSA) is 75.2 Å². The van der Waals surface area contributed by atoms with Crippen LogP contribution in [0.5, 0.6) is 5.75 Å². The van der Waals surface area contributed by atoms with E-state index in [1.165, 1.54) is 0 Å². The van der Waals surface area contributed by atoms with Crippen LogP contribution in [0.4, 0.5) is 5.69 Å². The first kappa shape index (κ1) is 25.0. The fourth-order valence-electron chi connectivity index (χ4n) is 3.26. The van der Waals surface area contributed by atoms with Gasteiger partial charge in [-0.05, 0) is 63.3 Å². The SMILES string of the molecule is CC(C)COCCCNC(=NCCCN1CCCC1=O)Nc1ccc(OC(C)C)cc1. The average Bonchev–Trinajstić information content (AvgIpc) is 3.13. The number of carbonyl (C=O) groups excluding carboxylic acids is 1. The highest BCUT2D eigenvalue weighted by atomic mass is 16.5. The van der Waals surface area contributed by atoms with Gasteiger partial charge in [0.2, 0.25) is 5.91 Å². The van der Waals surface area contributed by atoms with Gasteiger partial charge in [0.25, 0.3) is 0 Å². The molecule has 0 aromatic heterocycles. The van der Waals surface area contributed by atoms with Crippen LogP contribution in [0.1, 0.15) is 53.4 Å². The van der Waals surface area contributed by atoms with Crippen LogP contribution < -0.4 is 15.4 Å². The Kier molecular flexibility index (Phi) is 11.2. The molecular weight excluding hydrogens is 392 g/mol. The maximum atomic E-state index is 11.8. The Morgan fingerprint density at radius 3 is 2.58 bits per heavy atom. The van der Waals surface area contributed by atoms with Gasteiger partial charge in [-0.25, -0.2) is 0 Å². The van der Waals surface area contributed by atoms with Gasteiger partial charge in [-0.1, -0.05) is 13.8 Å². The molecule has 1 amide bonds. The number of amides is 1. The molecule has 1 aliphatic heterocycles. The van der Waals surface area contributed by atoms with Crippen molar-refractivity contribution in [2.24, 2.45) is 10.9 Å². The number of aliphatic imine (C=N–C) groups is 1. The van der Waals surface area contributed by atoms with E-state index in [4.69, 9.17) is 14.5 Å². The summed E-state index contributed by atoms with van der Waals surface area (Å²) >= 11 is 0. The number of nitrogens with zero attached hydrogens (tertiary/aromatic N) is 2. The normalized spacial score (nSPS) is 14.6. The lowest BCUT2D eigenvalue weighted by Crippen LogP contribution is -2.32. The minimum absolute atomic E-state index is 0.151. The Labute approximate surface area is 187 Å². The van der Waals surface area contributed by atoms with Gasteiger partial charge in [0.15, 0.2) is 5.96 Å². The van der Waals surface area contributed by atoms with Gasteiger partial charge in [-0.2, -0.15) is 0 Å². The maximum Gasteiger partial charge on any atom is 0.222 e. The quantitative estimate of drug-likeness (QED) is 0.281. The third-order valence-corrected chi connectivity index (χ3v) is 4.73. The Bertz CT molecular complexity index is 674. The van der Waals surface area contributed by atoms with Crippen LogP contribution in [0.2, 0.25) is 0 Å². The smallest absolute Gasteiger partial charge is 0.222 e. The van der Waals surface area contributed by atoms with Crippen molar-refractivity contribution in [2.45, 2.75) is 59.5 Å². The second kappa shape index (κ2) is 13.9. The van der Waals surface area contributed by atoms with E-state index >= 15 is 0 Å². The van der Waals surface area contributed by atoms with Gasteiger partial charge in [0, 0.05) is 51.5 Å². The van der Waals surface area contributed by atoms with Crippen molar-refractivity contribution < 1.29 is 14.3 Å². The molecule has 1 saturated heterocycles. The van der Waals surface area contributed by atoms with E-state index < -0.39 is 0 Å². The summed E-state index contributed by atoms with van der Waals surface area (Å²) in [6.07, 6.45) is 3.59. The highest BCUT2D eigenvalue weighted by Gasteiger charge is 2.18. The first-order valence-electron chi connectivity index (χ1n) is 11.6. The van der Waals surface area contributed by atoms with Crippen molar-refractivity contribution in [3.05, 3.63) is 24.3 Å². The van der Waals surface area contributed by atoms with Crippen molar-refractivity contribution in [1.82, 2.24) is 10.2 Å². The molecule has 0 aliphatic carbocycles. The zero-order valence-corrected chi connectivity index (χ0v) is 19.7.